The van der Waals surface area contributed by atoms with Crippen molar-refractivity contribution in [3.63, 3.8) is 0 Å². The first kappa shape index (κ1) is 18.6. The molecule has 0 spiro atoms. The van der Waals surface area contributed by atoms with Crippen LogP contribution in [-0.4, -0.2) is 30.0 Å². The molecule has 0 heterocycles. The standard InChI is InChI=1S/C17H25NO3S/c1-4-21-17(20)12-22-11-16(19)18-15(10-13(2)3)14-8-6-5-7-9-14/h5-9,13,15H,4,10-12H2,1-3H3,(H,18,19). The second kappa shape index (κ2) is 10.3. The molecule has 0 aliphatic heterocycles. The minimum atomic E-state index is -0.276. The van der Waals surface area contributed by atoms with Gasteiger partial charge in [0, 0.05) is 0 Å². The Bertz CT molecular complexity index is 462. The van der Waals surface area contributed by atoms with E-state index in [0.717, 1.165) is 12.0 Å². The number of amides is 1. The van der Waals surface area contributed by atoms with Gasteiger partial charge in [-0.15, -0.1) is 11.8 Å². The molecule has 5 heteroatoms. The highest BCUT2D eigenvalue weighted by Crippen LogP contribution is 2.21. The monoisotopic (exact) mass is 323 g/mol. The lowest BCUT2D eigenvalue weighted by molar-refractivity contribution is -0.139. The number of carbonyl (C=O) groups excluding carboxylic acids is 2. The van der Waals surface area contributed by atoms with Crippen molar-refractivity contribution < 1.29 is 14.3 Å². The molecule has 1 unspecified atom stereocenters. The minimum Gasteiger partial charge on any atom is -0.465 e. The van der Waals surface area contributed by atoms with Gasteiger partial charge in [0.25, 0.3) is 0 Å². The summed E-state index contributed by atoms with van der Waals surface area (Å²) < 4.78 is 4.84. The third-order valence-electron chi connectivity index (χ3n) is 3.00. The van der Waals surface area contributed by atoms with E-state index in [1.807, 2.05) is 30.3 Å². The molecular weight excluding hydrogens is 298 g/mol. The molecule has 1 aromatic rings. The Labute approximate surface area is 137 Å². The number of esters is 1. The topological polar surface area (TPSA) is 55.4 Å². The van der Waals surface area contributed by atoms with Crippen molar-refractivity contribution in [2.75, 3.05) is 18.1 Å². The molecule has 1 N–H and O–H groups in total. The van der Waals surface area contributed by atoms with Gasteiger partial charge in [0.15, 0.2) is 0 Å². The first-order valence-electron chi connectivity index (χ1n) is 7.60. The van der Waals surface area contributed by atoms with E-state index in [2.05, 4.69) is 19.2 Å². The van der Waals surface area contributed by atoms with Gasteiger partial charge in [0.1, 0.15) is 0 Å². The number of thioether (sulfide) groups is 1. The number of hydrogen-bond acceptors (Lipinski definition) is 4. The van der Waals surface area contributed by atoms with Crippen LogP contribution < -0.4 is 5.32 Å². The number of nitrogens with one attached hydrogen (secondary N) is 1. The van der Waals surface area contributed by atoms with E-state index in [1.165, 1.54) is 11.8 Å². The maximum atomic E-state index is 12.1. The molecule has 0 bridgehead atoms. The van der Waals surface area contributed by atoms with Gasteiger partial charge in [0.05, 0.1) is 24.2 Å². The molecule has 122 valence electrons. The summed E-state index contributed by atoms with van der Waals surface area (Å²) in [6.07, 6.45) is 0.887. The number of ether oxygens (including phenoxy) is 1. The predicted octanol–water partition coefficient (Wildman–Crippen LogP) is 3.19. The zero-order valence-corrected chi connectivity index (χ0v) is 14.3. The van der Waals surface area contributed by atoms with Gasteiger partial charge in [-0.05, 0) is 24.8 Å². The largest absolute Gasteiger partial charge is 0.465 e. The van der Waals surface area contributed by atoms with Crippen LogP contribution in [0.15, 0.2) is 30.3 Å². The van der Waals surface area contributed by atoms with Gasteiger partial charge in [-0.2, -0.15) is 0 Å². The fourth-order valence-corrected chi connectivity index (χ4v) is 2.72. The average molecular weight is 323 g/mol. The minimum absolute atomic E-state index is 0.0110. The molecule has 1 aromatic carbocycles. The number of hydrogen-bond donors (Lipinski definition) is 1. The second-order valence-electron chi connectivity index (χ2n) is 5.46. The molecule has 0 saturated carbocycles. The highest BCUT2D eigenvalue weighted by atomic mass is 32.2. The average Bonchev–Trinajstić information content (AvgIpc) is 2.47. The second-order valence-corrected chi connectivity index (χ2v) is 6.44. The first-order valence-corrected chi connectivity index (χ1v) is 8.76. The normalized spacial score (nSPS) is 12.0. The van der Waals surface area contributed by atoms with Gasteiger partial charge in [-0.3, -0.25) is 9.59 Å². The molecule has 22 heavy (non-hydrogen) atoms. The molecule has 0 fully saturated rings. The fraction of sp³-hybridized carbons (Fsp3) is 0.529. The Hall–Kier alpha value is -1.49. The van der Waals surface area contributed by atoms with Crippen molar-refractivity contribution in [2.45, 2.75) is 33.2 Å². The molecule has 1 rings (SSSR count). The van der Waals surface area contributed by atoms with E-state index in [1.54, 1.807) is 6.92 Å². The molecule has 1 amide bonds. The third-order valence-corrected chi connectivity index (χ3v) is 3.91. The van der Waals surface area contributed by atoms with E-state index in [9.17, 15) is 9.59 Å². The maximum Gasteiger partial charge on any atom is 0.315 e. The van der Waals surface area contributed by atoms with Crippen LogP contribution in [0.5, 0.6) is 0 Å². The van der Waals surface area contributed by atoms with Crippen LogP contribution in [0.4, 0.5) is 0 Å². The van der Waals surface area contributed by atoms with Gasteiger partial charge < -0.3 is 10.1 Å². The lowest BCUT2D eigenvalue weighted by Gasteiger charge is -2.21. The van der Waals surface area contributed by atoms with Crippen molar-refractivity contribution >= 4 is 23.6 Å². The van der Waals surface area contributed by atoms with Gasteiger partial charge in [-0.1, -0.05) is 44.2 Å². The molecule has 0 aliphatic rings. The molecule has 0 saturated heterocycles. The Balaban J connectivity index is 2.48. The summed E-state index contributed by atoms with van der Waals surface area (Å²) in [7, 11) is 0. The van der Waals surface area contributed by atoms with E-state index < -0.39 is 0 Å². The summed E-state index contributed by atoms with van der Waals surface area (Å²) >= 11 is 1.28. The number of rotatable bonds is 9. The van der Waals surface area contributed by atoms with Gasteiger partial charge in [-0.25, -0.2) is 0 Å². The maximum absolute atomic E-state index is 12.1. The van der Waals surface area contributed by atoms with Crippen LogP contribution in [0, 0.1) is 5.92 Å². The Morgan fingerprint density at radius 1 is 1.18 bits per heavy atom. The van der Waals surface area contributed by atoms with Crippen molar-refractivity contribution in [1.29, 1.82) is 0 Å². The van der Waals surface area contributed by atoms with Crippen LogP contribution in [0.3, 0.4) is 0 Å². The third kappa shape index (κ3) is 7.50. The van der Waals surface area contributed by atoms with Crippen LogP contribution in [0.25, 0.3) is 0 Å². The van der Waals surface area contributed by atoms with Crippen molar-refractivity contribution in [2.24, 2.45) is 5.92 Å². The fourth-order valence-electron chi connectivity index (χ4n) is 2.10. The van der Waals surface area contributed by atoms with Crippen LogP contribution in [-0.2, 0) is 14.3 Å². The highest BCUT2D eigenvalue weighted by Gasteiger charge is 2.16. The van der Waals surface area contributed by atoms with E-state index in [-0.39, 0.29) is 29.4 Å². The van der Waals surface area contributed by atoms with Crippen molar-refractivity contribution in [1.82, 2.24) is 5.32 Å². The molecule has 0 aromatic heterocycles. The lowest BCUT2D eigenvalue weighted by Crippen LogP contribution is -2.31. The summed E-state index contributed by atoms with van der Waals surface area (Å²) in [5.74, 6) is 0.630. The SMILES string of the molecule is CCOC(=O)CSCC(=O)NC(CC(C)C)c1ccccc1. The molecule has 4 nitrogen and oxygen atoms in total. The van der Waals surface area contributed by atoms with Crippen molar-refractivity contribution in [3.8, 4) is 0 Å². The predicted molar refractivity (Wildman–Crippen MR) is 90.7 cm³/mol. The van der Waals surface area contributed by atoms with Gasteiger partial charge >= 0.3 is 5.97 Å². The van der Waals surface area contributed by atoms with E-state index in [4.69, 9.17) is 4.74 Å². The zero-order chi connectivity index (χ0) is 16.4. The summed E-state index contributed by atoms with van der Waals surface area (Å²) in [5.41, 5.74) is 1.11. The lowest BCUT2D eigenvalue weighted by atomic mass is 9.97. The summed E-state index contributed by atoms with van der Waals surface area (Å²) in [5, 5.41) is 3.06. The summed E-state index contributed by atoms with van der Waals surface area (Å²) in [6.45, 7) is 6.41. The molecule has 0 radical (unpaired) electrons. The number of carbonyl (C=O) groups is 2. The van der Waals surface area contributed by atoms with E-state index >= 15 is 0 Å². The summed E-state index contributed by atoms with van der Waals surface area (Å²) in [4.78, 5) is 23.3. The molecule has 0 aliphatic carbocycles. The zero-order valence-electron chi connectivity index (χ0n) is 13.5. The molecule has 1 atom stereocenters. The van der Waals surface area contributed by atoms with Crippen molar-refractivity contribution in [3.05, 3.63) is 35.9 Å². The number of benzene rings is 1. The Morgan fingerprint density at radius 2 is 1.86 bits per heavy atom. The van der Waals surface area contributed by atoms with E-state index in [0.29, 0.717) is 12.5 Å². The Kier molecular flexibility index (Phi) is 8.67. The van der Waals surface area contributed by atoms with Gasteiger partial charge in [0.2, 0.25) is 5.91 Å². The van der Waals surface area contributed by atoms with Crippen LogP contribution >= 0.6 is 11.8 Å². The summed E-state index contributed by atoms with van der Waals surface area (Å²) in [6, 6.07) is 9.98. The smallest absolute Gasteiger partial charge is 0.315 e. The Morgan fingerprint density at radius 3 is 2.45 bits per heavy atom. The first-order chi connectivity index (χ1) is 10.5. The van der Waals surface area contributed by atoms with Crippen LogP contribution in [0.2, 0.25) is 0 Å². The van der Waals surface area contributed by atoms with Crippen LogP contribution in [0.1, 0.15) is 38.8 Å². The quantitative estimate of drug-likeness (QED) is 0.709. The highest BCUT2D eigenvalue weighted by molar-refractivity contribution is 8.00. The molecular formula is C17H25NO3S.